The molecule has 2 aromatic carbocycles. The van der Waals surface area contributed by atoms with Crippen LogP contribution in [-0.2, 0) is 12.8 Å². The van der Waals surface area contributed by atoms with Gasteiger partial charge in [0.2, 0.25) is 0 Å². The molecule has 4 aliphatic rings. The van der Waals surface area contributed by atoms with E-state index in [1.165, 1.54) is 11.1 Å². The van der Waals surface area contributed by atoms with Gasteiger partial charge < -0.3 is 46.9 Å². The van der Waals surface area contributed by atoms with Gasteiger partial charge in [-0.1, -0.05) is 36.4 Å². The van der Waals surface area contributed by atoms with E-state index in [1.54, 1.807) is 0 Å². The molecule has 0 bridgehead atoms. The minimum absolute atomic E-state index is 0. The molecule has 280 valence electrons. The summed E-state index contributed by atoms with van der Waals surface area (Å²) in [7, 11) is 0. The predicted molar refractivity (Wildman–Crippen MR) is 212 cm³/mol. The molecule has 0 fully saturated rings. The van der Waals surface area contributed by atoms with Crippen LogP contribution in [0.3, 0.4) is 0 Å². The van der Waals surface area contributed by atoms with E-state index in [0.717, 1.165) is 140 Å². The van der Waals surface area contributed by atoms with Crippen LogP contribution in [0.2, 0.25) is 0 Å². The molecule has 2 atom stereocenters. The van der Waals surface area contributed by atoms with E-state index in [1.807, 2.05) is 12.1 Å². The van der Waals surface area contributed by atoms with Gasteiger partial charge in [-0.25, -0.2) is 0 Å². The average Bonchev–Trinajstić information content (AvgIpc) is 3.09. The highest BCUT2D eigenvalue weighted by Gasteiger charge is 2.19. The van der Waals surface area contributed by atoms with Crippen LogP contribution in [0.25, 0.3) is 0 Å². The van der Waals surface area contributed by atoms with Crippen molar-refractivity contribution in [1.29, 1.82) is 0 Å². The summed E-state index contributed by atoms with van der Waals surface area (Å²) in [4.78, 5) is 8.79. The molecule has 6 rings (SSSR count). The highest BCUT2D eigenvalue weighted by molar-refractivity contribution is 5.86. The van der Waals surface area contributed by atoms with Crippen LogP contribution in [0.15, 0.2) is 58.5 Å². The number of ether oxygens (including phenoxy) is 2. The van der Waals surface area contributed by atoms with Gasteiger partial charge in [-0.15, -0.1) is 49.6 Å². The fourth-order valence-corrected chi connectivity index (χ4v) is 5.72. The Bertz CT molecular complexity index is 1120. The number of halogens is 4. The third-order valence-electron chi connectivity index (χ3n) is 8.19. The molecule has 0 aromatic heterocycles. The number of nitrogens with zero attached hydrogens (tertiary/aromatic N) is 2. The van der Waals surface area contributed by atoms with Gasteiger partial charge in [0.25, 0.3) is 0 Å². The summed E-state index contributed by atoms with van der Waals surface area (Å²) < 4.78 is 12.1. The van der Waals surface area contributed by atoms with Crippen molar-refractivity contribution in [3.8, 4) is 11.5 Å². The maximum Gasteiger partial charge on any atom is 0.191 e. The molecule has 11 nitrogen and oxygen atoms in total. The summed E-state index contributed by atoms with van der Waals surface area (Å²) in [6.07, 6.45) is 9.49. The van der Waals surface area contributed by atoms with Crippen molar-refractivity contribution < 1.29 is 14.9 Å². The van der Waals surface area contributed by atoms with Gasteiger partial charge in [0.15, 0.2) is 11.9 Å². The van der Waals surface area contributed by atoms with Crippen LogP contribution in [0.1, 0.15) is 49.7 Å². The molecule has 0 aliphatic carbocycles. The third kappa shape index (κ3) is 16.9. The normalized spacial score (nSPS) is 18.3. The van der Waals surface area contributed by atoms with E-state index in [0.29, 0.717) is 12.2 Å². The number of benzene rings is 2. The first-order valence-corrected chi connectivity index (χ1v) is 16.8. The number of aliphatic imine (C=N–C) groups is 2. The lowest BCUT2D eigenvalue weighted by Gasteiger charge is -2.26. The number of guanidine groups is 2. The van der Waals surface area contributed by atoms with Gasteiger partial charge in [0, 0.05) is 52.4 Å². The van der Waals surface area contributed by atoms with E-state index < -0.39 is 0 Å². The Morgan fingerprint density at radius 2 is 1.04 bits per heavy atom. The van der Waals surface area contributed by atoms with Crippen molar-refractivity contribution >= 4 is 61.5 Å². The topological polar surface area (TPSA) is 147 Å². The fourth-order valence-electron chi connectivity index (χ4n) is 5.72. The molecule has 0 amide bonds. The summed E-state index contributed by atoms with van der Waals surface area (Å²) in [6, 6.07) is 16.7. The van der Waals surface area contributed by atoms with Crippen molar-refractivity contribution in [2.24, 2.45) is 9.98 Å². The Morgan fingerprint density at radius 3 is 1.45 bits per heavy atom. The minimum Gasteiger partial charge on any atom is -0.489 e. The molecule has 0 saturated heterocycles. The van der Waals surface area contributed by atoms with Gasteiger partial charge >= 0.3 is 0 Å². The molecule has 8 N–H and O–H groups in total. The zero-order valence-electron chi connectivity index (χ0n) is 28.3. The molecular formula is C34H58Cl4N8O3. The van der Waals surface area contributed by atoms with E-state index in [9.17, 15) is 0 Å². The monoisotopic (exact) mass is 766 g/mol. The Kier molecular flexibility index (Phi) is 26.0. The van der Waals surface area contributed by atoms with Crippen molar-refractivity contribution in [3.63, 3.8) is 0 Å². The molecule has 0 radical (unpaired) electrons. The molecule has 0 spiro atoms. The Labute approximate surface area is 317 Å². The number of hydrogen-bond acceptors (Lipinski definition) is 10. The second-order valence-electron chi connectivity index (χ2n) is 11.8. The van der Waals surface area contributed by atoms with Crippen LogP contribution in [0, 0.1) is 0 Å². The minimum atomic E-state index is 0. The zero-order chi connectivity index (χ0) is 30.1. The Balaban J connectivity index is 0.000000853. The van der Waals surface area contributed by atoms with E-state index >= 15 is 0 Å². The molecule has 15 heteroatoms. The van der Waals surface area contributed by atoms with Gasteiger partial charge in [0.1, 0.15) is 23.7 Å². The largest absolute Gasteiger partial charge is 0.489 e. The fraction of sp³-hybridized carbons (Fsp3) is 0.588. The van der Waals surface area contributed by atoms with Crippen LogP contribution in [0.5, 0.6) is 11.5 Å². The summed E-state index contributed by atoms with van der Waals surface area (Å²) in [5.74, 6) is 4.03. The summed E-state index contributed by atoms with van der Waals surface area (Å²) >= 11 is 0. The van der Waals surface area contributed by atoms with Gasteiger partial charge in [0.05, 0.1) is 0 Å². The second-order valence-corrected chi connectivity index (χ2v) is 11.8. The lowest BCUT2D eigenvalue weighted by atomic mass is 10.0. The van der Waals surface area contributed by atoms with Gasteiger partial charge in [-0.05, 0) is 87.7 Å². The van der Waals surface area contributed by atoms with Crippen molar-refractivity contribution in [1.82, 2.24) is 31.9 Å². The smallest absolute Gasteiger partial charge is 0.191 e. The average molecular weight is 769 g/mol. The second kappa shape index (κ2) is 27.4. The number of aryl methyl sites for hydroxylation is 2. The maximum absolute atomic E-state index is 6.03. The van der Waals surface area contributed by atoms with Gasteiger partial charge in [-0.2, -0.15) is 0 Å². The van der Waals surface area contributed by atoms with Crippen molar-refractivity contribution in [3.05, 3.63) is 59.7 Å². The highest BCUT2D eigenvalue weighted by Crippen LogP contribution is 2.27. The molecule has 4 heterocycles. The molecule has 49 heavy (non-hydrogen) atoms. The quantitative estimate of drug-likeness (QED) is 0.180. The standard InChI is InChI=1S/2C17H26N4O.4ClH.H2O/c2*1-2-6-16-14(5-1)7-8-15(22-16)13-18-9-3-10-19-17-20-11-4-12-21-17;;;;;/h2*1-2,5-6,15,18H,3-4,7-13H2,(H2,19,20,21);4*1H;1H2/t2*15-;;;;;/m11...../s1. The summed E-state index contributed by atoms with van der Waals surface area (Å²) in [5, 5.41) is 20.2. The number of rotatable bonds is 12. The molecule has 4 aliphatic heterocycles. The van der Waals surface area contributed by atoms with E-state index in [2.05, 4.69) is 78.3 Å². The summed E-state index contributed by atoms with van der Waals surface area (Å²) in [6.45, 7) is 9.70. The Hall–Kier alpha value is -2.38. The number of nitrogens with one attached hydrogen (secondary N) is 6. The SMILES string of the molecule is Cl.Cl.Cl.Cl.O.c1ccc2c(c1)CC[C@H](CNCCCNC1=NCCCN1)O2.c1ccc2c(c1)CC[C@H](CNCCCNC1=NCCCN1)O2. The molecule has 0 saturated carbocycles. The van der Waals surface area contributed by atoms with Crippen molar-refractivity contribution in [2.45, 2.75) is 63.6 Å². The molecular weight excluding hydrogens is 710 g/mol. The lowest BCUT2D eigenvalue weighted by molar-refractivity contribution is 0.170. The first-order valence-electron chi connectivity index (χ1n) is 16.8. The molecule has 2 aromatic rings. The van der Waals surface area contributed by atoms with Crippen LogP contribution >= 0.6 is 49.6 Å². The number of para-hydroxylation sites is 2. The number of hydrogen-bond donors (Lipinski definition) is 6. The van der Waals surface area contributed by atoms with Crippen LogP contribution < -0.4 is 41.4 Å². The Morgan fingerprint density at radius 1 is 0.612 bits per heavy atom. The van der Waals surface area contributed by atoms with Crippen LogP contribution in [-0.4, -0.2) is 95.1 Å². The van der Waals surface area contributed by atoms with Crippen molar-refractivity contribution in [2.75, 3.05) is 65.4 Å². The highest BCUT2D eigenvalue weighted by atomic mass is 35.5. The van der Waals surface area contributed by atoms with E-state index in [-0.39, 0.29) is 55.1 Å². The molecule has 0 unspecified atom stereocenters. The third-order valence-corrected chi connectivity index (χ3v) is 8.19. The summed E-state index contributed by atoms with van der Waals surface area (Å²) in [5.41, 5.74) is 2.67. The van der Waals surface area contributed by atoms with Gasteiger partial charge in [-0.3, -0.25) is 9.98 Å². The first-order chi connectivity index (χ1) is 21.8. The van der Waals surface area contributed by atoms with Crippen LogP contribution in [0.4, 0.5) is 0 Å². The zero-order valence-corrected chi connectivity index (χ0v) is 31.6. The number of fused-ring (bicyclic) bond motifs is 2. The van der Waals surface area contributed by atoms with E-state index in [4.69, 9.17) is 9.47 Å². The maximum atomic E-state index is 6.03. The first kappa shape index (κ1) is 46.6. The lowest BCUT2D eigenvalue weighted by Crippen LogP contribution is -2.42. The predicted octanol–water partition coefficient (Wildman–Crippen LogP) is 3.46.